The van der Waals surface area contributed by atoms with Gasteiger partial charge in [0.25, 0.3) is 21.6 Å². The second-order valence-electron chi connectivity index (χ2n) is 23.8. The van der Waals surface area contributed by atoms with Gasteiger partial charge in [-0.05, 0) is 107 Å². The van der Waals surface area contributed by atoms with Crippen LogP contribution in [0.15, 0.2) is 90.3 Å². The number of nitro benzene ring substituents is 1. The maximum atomic E-state index is 15.0. The van der Waals surface area contributed by atoms with Crippen molar-refractivity contribution in [1.29, 1.82) is 0 Å². The van der Waals surface area contributed by atoms with Gasteiger partial charge in [0.15, 0.2) is 11.4 Å². The number of amides is 1. The number of sulfonamides is 1. The Labute approximate surface area is 481 Å². The zero-order chi connectivity index (χ0) is 56.6. The van der Waals surface area contributed by atoms with Crippen LogP contribution in [0, 0.1) is 21.4 Å². The molecule has 8 aliphatic rings. The van der Waals surface area contributed by atoms with Crippen LogP contribution in [0.4, 0.5) is 28.4 Å². The van der Waals surface area contributed by atoms with Crippen molar-refractivity contribution in [2.45, 2.75) is 113 Å². The molecule has 14 rings (SSSR count). The van der Waals surface area contributed by atoms with E-state index in [0.29, 0.717) is 67.7 Å². The lowest BCUT2D eigenvalue weighted by molar-refractivity contribution is -0.384. The van der Waals surface area contributed by atoms with E-state index in [2.05, 4.69) is 82.7 Å². The molecule has 83 heavy (non-hydrogen) atoms. The van der Waals surface area contributed by atoms with Gasteiger partial charge in [-0.15, -0.1) is 0 Å². The summed E-state index contributed by atoms with van der Waals surface area (Å²) in [5.74, 6) is 1.24. The number of anilines is 4. The lowest BCUT2D eigenvalue weighted by Gasteiger charge is -2.58. The summed E-state index contributed by atoms with van der Waals surface area (Å²) in [6.45, 7) is 11.1. The van der Waals surface area contributed by atoms with Crippen LogP contribution in [0.1, 0.15) is 98.8 Å². The summed E-state index contributed by atoms with van der Waals surface area (Å²) >= 11 is 0. The number of nitro groups is 1. The molecule has 10 heterocycles. The molecule has 4 saturated heterocycles. The van der Waals surface area contributed by atoms with E-state index in [1.165, 1.54) is 11.6 Å². The summed E-state index contributed by atoms with van der Waals surface area (Å²) in [6, 6.07) is 20.4. The number of aromatic amines is 1. The molecule has 3 N–H and O–H groups in total. The summed E-state index contributed by atoms with van der Waals surface area (Å²) in [4.78, 5) is 53.2. The lowest BCUT2D eigenvalue weighted by atomic mass is 9.59. The molecule has 3 aromatic heterocycles. The highest BCUT2D eigenvalue weighted by molar-refractivity contribution is 7.90. The molecule has 1 spiro atoms. The monoisotopic (exact) mass is 1150 g/mol. The van der Waals surface area contributed by atoms with Gasteiger partial charge in [0.05, 0.1) is 58.5 Å². The summed E-state index contributed by atoms with van der Waals surface area (Å²) in [5.41, 5.74) is 4.78. The number of H-pyrrole nitrogens is 1. The number of pyridine rings is 1. The van der Waals surface area contributed by atoms with Crippen LogP contribution in [0.3, 0.4) is 0 Å². The van der Waals surface area contributed by atoms with Crippen molar-refractivity contribution >= 4 is 55.4 Å². The number of hydrogen-bond donors (Lipinski definition) is 3. The van der Waals surface area contributed by atoms with Gasteiger partial charge < -0.3 is 48.5 Å². The number of rotatable bonds is 12. The average molecular weight is 1150 g/mol. The Kier molecular flexibility index (Phi) is 14.0. The molecule has 5 atom stereocenters. The maximum Gasteiger partial charge on any atom is 0.297 e. The number of fused-ring (bicyclic) bond motifs is 5. The van der Waals surface area contributed by atoms with Gasteiger partial charge in [-0.2, -0.15) is 4.98 Å². The van der Waals surface area contributed by atoms with Crippen LogP contribution in [0.2, 0.25) is 0 Å². The Hall–Kier alpha value is -7.31. The Morgan fingerprint density at radius 2 is 1.71 bits per heavy atom. The van der Waals surface area contributed by atoms with E-state index >= 15 is 0 Å². The van der Waals surface area contributed by atoms with Gasteiger partial charge in [-0.1, -0.05) is 18.2 Å². The minimum atomic E-state index is -4.72. The number of nitrogens with one attached hydrogen (secondary N) is 3. The Balaban J connectivity index is 0.740. The molecule has 0 radical (unpaired) electrons. The highest BCUT2D eigenvalue weighted by Crippen LogP contribution is 2.55. The van der Waals surface area contributed by atoms with Crippen LogP contribution in [0.25, 0.3) is 11.0 Å². The highest BCUT2D eigenvalue weighted by Gasteiger charge is 2.51. The van der Waals surface area contributed by atoms with E-state index in [4.69, 9.17) is 33.4 Å². The number of benzene rings is 3. The summed E-state index contributed by atoms with van der Waals surface area (Å²) in [6.07, 6.45) is 11.9. The predicted molar refractivity (Wildman–Crippen MR) is 308 cm³/mol. The van der Waals surface area contributed by atoms with E-state index in [1.807, 2.05) is 36.7 Å². The quantitative estimate of drug-likeness (QED) is 0.0774. The number of piperidine rings is 1. The van der Waals surface area contributed by atoms with Gasteiger partial charge in [0.2, 0.25) is 11.8 Å². The van der Waals surface area contributed by atoms with Crippen molar-refractivity contribution in [3.8, 4) is 23.3 Å². The van der Waals surface area contributed by atoms with Crippen LogP contribution >= 0.6 is 0 Å². The first kappa shape index (κ1) is 53.7. The fourth-order valence-electron chi connectivity index (χ4n) is 14.4. The predicted octanol–water partition coefficient (Wildman–Crippen LogP) is 8.09. The van der Waals surface area contributed by atoms with Crippen molar-refractivity contribution in [2.75, 3.05) is 87.5 Å². The Bertz CT molecular complexity index is 3560. The molecule has 1 saturated carbocycles. The number of carbonyl (C=O) groups excluding carboxylic acids is 1. The first-order chi connectivity index (χ1) is 40.3. The third-order valence-corrected chi connectivity index (χ3v) is 20.0. The van der Waals surface area contributed by atoms with Crippen LogP contribution in [-0.2, 0) is 19.5 Å². The molecule has 5 fully saturated rings. The average Bonchev–Trinajstić information content (AvgIpc) is 4.15. The third-order valence-electron chi connectivity index (χ3n) is 18.7. The van der Waals surface area contributed by atoms with Crippen molar-refractivity contribution in [2.24, 2.45) is 11.3 Å². The fraction of sp³-hybridized carbons (Fsp3) is 0.500. The summed E-state index contributed by atoms with van der Waals surface area (Å²) in [5, 5.41) is 16.7. The second kappa shape index (κ2) is 21.7. The molecule has 22 nitrogen and oxygen atoms in total. The molecule has 436 valence electrons. The molecule has 1 aliphatic carbocycles. The van der Waals surface area contributed by atoms with Crippen LogP contribution in [-0.4, -0.2) is 152 Å². The van der Waals surface area contributed by atoms with Gasteiger partial charge in [-0.25, -0.2) is 23.1 Å². The third kappa shape index (κ3) is 10.1. The number of aromatic nitrogens is 4. The van der Waals surface area contributed by atoms with E-state index in [9.17, 15) is 23.3 Å². The highest BCUT2D eigenvalue weighted by atomic mass is 32.2. The van der Waals surface area contributed by atoms with E-state index in [-0.39, 0.29) is 71.8 Å². The maximum absolute atomic E-state index is 15.0. The molecule has 0 bridgehead atoms. The largest absolute Gasteiger partial charge is 0.491 e. The Morgan fingerprint density at radius 3 is 2.54 bits per heavy atom. The molecule has 1 amide bonds. The molecule has 23 heteroatoms. The second-order valence-corrected chi connectivity index (χ2v) is 25.5. The number of piperazine rings is 1. The van der Waals surface area contributed by atoms with Crippen LogP contribution in [0.5, 0.6) is 23.3 Å². The van der Waals surface area contributed by atoms with Crippen molar-refractivity contribution in [1.82, 2.24) is 34.5 Å². The van der Waals surface area contributed by atoms with Crippen molar-refractivity contribution in [3.63, 3.8) is 0 Å². The lowest BCUT2D eigenvalue weighted by Crippen LogP contribution is -2.60. The van der Waals surface area contributed by atoms with Gasteiger partial charge in [0, 0.05) is 118 Å². The van der Waals surface area contributed by atoms with E-state index < -0.39 is 37.5 Å². The first-order valence-corrected chi connectivity index (χ1v) is 30.8. The number of para-hydroxylation sites is 1. The first-order valence-electron chi connectivity index (χ1n) is 29.3. The molecular formula is C60H69N11O11S. The molecule has 6 aromatic rings. The van der Waals surface area contributed by atoms with Gasteiger partial charge in [-0.3, -0.25) is 24.7 Å². The van der Waals surface area contributed by atoms with E-state index in [0.717, 1.165) is 106 Å². The van der Waals surface area contributed by atoms with Crippen LogP contribution < -0.4 is 38.8 Å². The topological polar surface area (TPSA) is 241 Å². The number of hydrogen-bond acceptors (Lipinski definition) is 19. The minimum absolute atomic E-state index is 0.0225. The summed E-state index contributed by atoms with van der Waals surface area (Å²) in [7, 11) is -4.72. The molecule has 7 aliphatic heterocycles. The SMILES string of the molecule is CC(C)Oc1ccccc1[C@@H]1CN([C@H]2CCOc3ncncc32)CCN1C1CC2(CCN(c3ccc(C(=O)NS(=O)(=O)c4cc5c(c([N+](=O)[O-])c4)N[C@H](C4CCOCC4)CO5)c(N4c5cc6cc[nH]c6nc5O[C@H]5COCC[C@@H]54)c3)CC2)C1. The summed E-state index contributed by atoms with van der Waals surface area (Å²) < 4.78 is 67.9. The normalized spacial score (nSPS) is 24.7. The molecule has 3 aromatic carbocycles. The molecular weight excluding hydrogens is 1080 g/mol. The number of nitrogens with zero attached hydrogens (tertiary/aromatic N) is 8. The zero-order valence-electron chi connectivity index (χ0n) is 46.6. The minimum Gasteiger partial charge on any atom is -0.491 e. The standard InChI is InChI=1S/C60H69N11O11S/c1-36(2)81-52-6-4-3-5-42(52)51-32-68(46-13-24-79-58-44(46)31-61-35-63-58)19-20-69(51)40-29-60(30-40)14-17-67(18-15-60)39-7-8-43(48(26-39)70-47-12-23-78-34-54(47)82-59-50(70)25-38-9-16-62-56(38)65-59)57(72)66-83(75,76)41-27-49(71(73)74)55-53(28-41)80-33-45(64-55)37-10-21-77-22-11-37/h3-9,16,25-28,31,35-37,40,45-47,51,54,64H,10-15,17-24,29-30,32-34H2,1-2H3,(H,62,65)(H,66,72)/t45-,46-,47-,51-,54-/m0/s1. The number of ether oxygens (including phenoxy) is 6. The van der Waals surface area contributed by atoms with Crippen molar-refractivity contribution < 1.29 is 46.6 Å². The van der Waals surface area contributed by atoms with E-state index in [1.54, 1.807) is 12.4 Å². The van der Waals surface area contributed by atoms with Crippen molar-refractivity contribution in [3.05, 3.63) is 112 Å². The van der Waals surface area contributed by atoms with Gasteiger partial charge in [0.1, 0.15) is 36.1 Å². The molecule has 0 unspecified atom stereocenters. The smallest absolute Gasteiger partial charge is 0.297 e. The fourth-order valence-corrected chi connectivity index (χ4v) is 15.4. The Morgan fingerprint density at radius 1 is 0.880 bits per heavy atom. The van der Waals surface area contributed by atoms with Gasteiger partial charge >= 0.3 is 0 Å². The number of carbonyl (C=O) groups is 1. The zero-order valence-corrected chi connectivity index (χ0v) is 47.4.